The number of nitrogens with zero attached hydrogens (tertiary/aromatic N) is 2. The molecule has 21 heavy (non-hydrogen) atoms. The molecule has 1 heterocycles. The van der Waals surface area contributed by atoms with Gasteiger partial charge >= 0.3 is 0 Å². The summed E-state index contributed by atoms with van der Waals surface area (Å²) in [4.78, 5) is 0. The van der Waals surface area contributed by atoms with Crippen LogP contribution < -0.4 is 9.47 Å². The minimum absolute atomic E-state index is 0.238. The molecule has 0 unspecified atom stereocenters. The Morgan fingerprint density at radius 3 is 1.52 bits per heavy atom. The maximum atomic E-state index is 5.53. The molecule has 0 aliphatic carbocycles. The Hall–Kier alpha value is -2.82. The van der Waals surface area contributed by atoms with Gasteiger partial charge in [-0.05, 0) is 24.3 Å². The van der Waals surface area contributed by atoms with Gasteiger partial charge in [0.05, 0.1) is 0 Å². The Morgan fingerprint density at radius 1 is 0.667 bits per heavy atom. The highest BCUT2D eigenvalue weighted by Crippen LogP contribution is 2.13. The lowest BCUT2D eigenvalue weighted by Crippen LogP contribution is -1.95. The van der Waals surface area contributed by atoms with Crippen molar-refractivity contribution in [2.24, 2.45) is 0 Å². The molecule has 1 aromatic heterocycles. The lowest BCUT2D eigenvalue weighted by molar-refractivity contribution is 0.232. The first-order valence-corrected chi connectivity index (χ1v) is 6.57. The van der Waals surface area contributed by atoms with Crippen LogP contribution in [-0.2, 0) is 13.2 Å². The van der Waals surface area contributed by atoms with Crippen molar-refractivity contribution in [1.29, 1.82) is 0 Å². The van der Waals surface area contributed by atoms with Crippen LogP contribution in [0.15, 0.2) is 65.1 Å². The van der Waals surface area contributed by atoms with E-state index < -0.39 is 0 Å². The van der Waals surface area contributed by atoms with E-state index in [0.717, 1.165) is 11.5 Å². The van der Waals surface area contributed by atoms with Gasteiger partial charge in [-0.2, -0.15) is 0 Å². The quantitative estimate of drug-likeness (QED) is 0.694. The molecule has 0 saturated carbocycles. The third-order valence-corrected chi connectivity index (χ3v) is 2.72. The number of hydrogen-bond acceptors (Lipinski definition) is 5. The molecule has 5 nitrogen and oxygen atoms in total. The number of benzene rings is 2. The van der Waals surface area contributed by atoms with Gasteiger partial charge in [0.2, 0.25) is 0 Å². The molecule has 0 saturated heterocycles. The lowest BCUT2D eigenvalue weighted by atomic mass is 10.3. The smallest absolute Gasteiger partial charge is 0.254 e. The first-order valence-electron chi connectivity index (χ1n) is 6.57. The summed E-state index contributed by atoms with van der Waals surface area (Å²) < 4.78 is 16.5. The molecule has 3 rings (SSSR count). The fourth-order valence-corrected chi connectivity index (χ4v) is 1.73. The molecular weight excluding hydrogens is 268 g/mol. The molecule has 0 amide bonds. The van der Waals surface area contributed by atoms with Crippen molar-refractivity contribution >= 4 is 0 Å². The largest absolute Gasteiger partial charge is 0.484 e. The highest BCUT2D eigenvalue weighted by atomic mass is 16.5. The SMILES string of the molecule is c1ccc(OCc2nnc(COc3ccccc3)o2)cc1. The zero-order valence-corrected chi connectivity index (χ0v) is 11.3. The minimum Gasteiger partial charge on any atom is -0.484 e. The summed E-state index contributed by atoms with van der Waals surface area (Å²) in [6.07, 6.45) is 0. The molecular formula is C16H14N2O3. The second-order valence-corrected chi connectivity index (χ2v) is 4.29. The predicted octanol–water partition coefficient (Wildman–Crippen LogP) is 3.23. The molecule has 0 fully saturated rings. The van der Waals surface area contributed by atoms with Gasteiger partial charge in [0.1, 0.15) is 11.5 Å². The average molecular weight is 282 g/mol. The van der Waals surface area contributed by atoms with Crippen LogP contribution in [0.4, 0.5) is 0 Å². The van der Waals surface area contributed by atoms with Crippen LogP contribution in [-0.4, -0.2) is 10.2 Å². The van der Waals surface area contributed by atoms with Crippen LogP contribution in [0.25, 0.3) is 0 Å². The standard InChI is InChI=1S/C16H14N2O3/c1-3-7-13(8-4-1)19-11-15-17-18-16(21-15)12-20-14-9-5-2-6-10-14/h1-10H,11-12H2. The average Bonchev–Trinajstić information content (AvgIpc) is 3.01. The van der Waals surface area contributed by atoms with Crippen LogP contribution in [0.5, 0.6) is 11.5 Å². The van der Waals surface area contributed by atoms with E-state index in [2.05, 4.69) is 10.2 Å². The fraction of sp³-hybridized carbons (Fsp3) is 0.125. The number of rotatable bonds is 6. The second-order valence-electron chi connectivity index (χ2n) is 4.29. The molecule has 0 N–H and O–H groups in total. The Bertz CT molecular complexity index is 610. The monoisotopic (exact) mass is 282 g/mol. The van der Waals surface area contributed by atoms with Crippen molar-refractivity contribution in [2.45, 2.75) is 13.2 Å². The van der Waals surface area contributed by atoms with Crippen molar-refractivity contribution in [1.82, 2.24) is 10.2 Å². The van der Waals surface area contributed by atoms with E-state index in [0.29, 0.717) is 11.8 Å². The maximum absolute atomic E-state index is 5.53. The summed E-state index contributed by atoms with van der Waals surface area (Å²) in [6.45, 7) is 0.477. The second kappa shape index (κ2) is 6.56. The van der Waals surface area contributed by atoms with Crippen LogP contribution in [0.3, 0.4) is 0 Å². The first kappa shape index (κ1) is 13.2. The van der Waals surface area contributed by atoms with Gasteiger partial charge in [-0.15, -0.1) is 10.2 Å². The van der Waals surface area contributed by atoms with Crippen molar-refractivity contribution in [3.05, 3.63) is 72.4 Å². The van der Waals surface area contributed by atoms with E-state index in [4.69, 9.17) is 13.9 Å². The van der Waals surface area contributed by atoms with Gasteiger partial charge in [-0.25, -0.2) is 0 Å². The molecule has 106 valence electrons. The van der Waals surface area contributed by atoms with Crippen LogP contribution in [0, 0.1) is 0 Å². The van der Waals surface area contributed by atoms with E-state index in [9.17, 15) is 0 Å². The first-order chi connectivity index (χ1) is 10.4. The summed E-state index contributed by atoms with van der Waals surface area (Å²) in [5.74, 6) is 2.37. The summed E-state index contributed by atoms with van der Waals surface area (Å²) in [5.41, 5.74) is 0. The summed E-state index contributed by atoms with van der Waals surface area (Å²) >= 11 is 0. The molecule has 3 aromatic rings. The molecule has 0 aliphatic rings. The van der Waals surface area contributed by atoms with Gasteiger partial charge in [0, 0.05) is 0 Å². The zero-order valence-electron chi connectivity index (χ0n) is 11.3. The molecule has 0 radical (unpaired) electrons. The van der Waals surface area contributed by atoms with E-state index in [-0.39, 0.29) is 13.2 Å². The molecule has 0 atom stereocenters. The van der Waals surface area contributed by atoms with Crippen LogP contribution in [0.2, 0.25) is 0 Å². The topological polar surface area (TPSA) is 57.4 Å². The van der Waals surface area contributed by atoms with Gasteiger partial charge in [0.25, 0.3) is 11.8 Å². The summed E-state index contributed by atoms with van der Waals surface area (Å²) in [7, 11) is 0. The van der Waals surface area contributed by atoms with Crippen molar-refractivity contribution < 1.29 is 13.9 Å². The Labute approximate surface area is 122 Å². The Balaban J connectivity index is 1.52. The molecule has 0 bridgehead atoms. The van der Waals surface area contributed by atoms with Gasteiger partial charge in [-0.3, -0.25) is 0 Å². The van der Waals surface area contributed by atoms with Crippen molar-refractivity contribution in [3.63, 3.8) is 0 Å². The highest BCUT2D eigenvalue weighted by molar-refractivity contribution is 5.21. The molecule has 0 aliphatic heterocycles. The van der Waals surface area contributed by atoms with E-state index in [1.807, 2.05) is 60.7 Å². The molecule has 0 spiro atoms. The van der Waals surface area contributed by atoms with E-state index in [1.165, 1.54) is 0 Å². The third kappa shape index (κ3) is 3.82. The summed E-state index contributed by atoms with van der Waals surface area (Å²) in [5, 5.41) is 7.84. The van der Waals surface area contributed by atoms with Gasteiger partial charge < -0.3 is 13.9 Å². The van der Waals surface area contributed by atoms with Crippen LogP contribution >= 0.6 is 0 Å². The zero-order chi connectivity index (χ0) is 14.3. The predicted molar refractivity (Wildman–Crippen MR) is 75.8 cm³/mol. The maximum Gasteiger partial charge on any atom is 0.254 e. The lowest BCUT2D eigenvalue weighted by Gasteiger charge is -2.02. The van der Waals surface area contributed by atoms with E-state index >= 15 is 0 Å². The summed E-state index contributed by atoms with van der Waals surface area (Å²) in [6, 6.07) is 19.0. The Kier molecular flexibility index (Phi) is 4.12. The normalized spacial score (nSPS) is 10.3. The number of hydrogen-bond donors (Lipinski definition) is 0. The van der Waals surface area contributed by atoms with Crippen molar-refractivity contribution in [3.8, 4) is 11.5 Å². The Morgan fingerprint density at radius 2 is 1.10 bits per heavy atom. The van der Waals surface area contributed by atoms with Crippen molar-refractivity contribution in [2.75, 3.05) is 0 Å². The van der Waals surface area contributed by atoms with E-state index in [1.54, 1.807) is 0 Å². The number of ether oxygens (including phenoxy) is 2. The minimum atomic E-state index is 0.238. The van der Waals surface area contributed by atoms with Gasteiger partial charge in [-0.1, -0.05) is 36.4 Å². The molecule has 5 heteroatoms. The van der Waals surface area contributed by atoms with Crippen LogP contribution in [0.1, 0.15) is 11.8 Å². The number of para-hydroxylation sites is 2. The number of aromatic nitrogens is 2. The highest BCUT2D eigenvalue weighted by Gasteiger charge is 2.07. The third-order valence-electron chi connectivity index (χ3n) is 2.72. The van der Waals surface area contributed by atoms with Gasteiger partial charge in [0.15, 0.2) is 13.2 Å². The molecule has 2 aromatic carbocycles. The fourth-order valence-electron chi connectivity index (χ4n) is 1.73.